The lowest BCUT2D eigenvalue weighted by atomic mass is 9.90. The Bertz CT molecular complexity index is 577. The summed E-state index contributed by atoms with van der Waals surface area (Å²) in [6.45, 7) is 2.60. The first-order chi connectivity index (χ1) is 10.4. The van der Waals surface area contributed by atoms with Crippen molar-refractivity contribution in [1.29, 1.82) is 0 Å². The molecule has 1 aliphatic heterocycles. The van der Waals surface area contributed by atoms with Crippen molar-refractivity contribution in [3.63, 3.8) is 0 Å². The van der Waals surface area contributed by atoms with Gasteiger partial charge in [-0.15, -0.1) is 0 Å². The van der Waals surface area contributed by atoms with Crippen molar-refractivity contribution in [3.8, 4) is 0 Å². The molecule has 1 aliphatic rings. The zero-order valence-corrected chi connectivity index (χ0v) is 12.4. The van der Waals surface area contributed by atoms with Crippen molar-refractivity contribution in [2.24, 2.45) is 11.8 Å². The SMILES string of the molecule is CC1CC(C(=O)O)CN(C(=O)CCc2cccc(F)c2F)C1. The average molecular weight is 311 g/mol. The number of amides is 1. The van der Waals surface area contributed by atoms with Gasteiger partial charge in [-0.1, -0.05) is 19.1 Å². The van der Waals surface area contributed by atoms with Crippen molar-refractivity contribution in [2.75, 3.05) is 13.1 Å². The fourth-order valence-corrected chi connectivity index (χ4v) is 2.88. The van der Waals surface area contributed by atoms with Crippen LogP contribution in [0.1, 0.15) is 25.3 Å². The third-order valence-electron chi connectivity index (χ3n) is 4.00. The van der Waals surface area contributed by atoms with Crippen LogP contribution in [0.25, 0.3) is 0 Å². The van der Waals surface area contributed by atoms with Crippen LogP contribution in [0.2, 0.25) is 0 Å². The maximum atomic E-state index is 13.5. The Hall–Kier alpha value is -1.98. The first-order valence-corrected chi connectivity index (χ1v) is 7.32. The van der Waals surface area contributed by atoms with Gasteiger partial charge in [0.15, 0.2) is 11.6 Å². The van der Waals surface area contributed by atoms with E-state index < -0.39 is 23.5 Å². The van der Waals surface area contributed by atoms with E-state index in [1.807, 2.05) is 6.92 Å². The largest absolute Gasteiger partial charge is 0.481 e. The van der Waals surface area contributed by atoms with E-state index in [2.05, 4.69) is 0 Å². The Labute approximate surface area is 127 Å². The van der Waals surface area contributed by atoms with Gasteiger partial charge in [-0.25, -0.2) is 8.78 Å². The molecule has 0 aliphatic carbocycles. The summed E-state index contributed by atoms with van der Waals surface area (Å²) in [6.07, 6.45) is 0.697. The van der Waals surface area contributed by atoms with Gasteiger partial charge in [-0.3, -0.25) is 9.59 Å². The van der Waals surface area contributed by atoms with E-state index in [0.717, 1.165) is 6.07 Å². The van der Waals surface area contributed by atoms with Gasteiger partial charge in [-0.05, 0) is 30.4 Å². The molecule has 22 heavy (non-hydrogen) atoms. The normalized spacial score (nSPS) is 21.7. The third kappa shape index (κ3) is 3.81. The summed E-state index contributed by atoms with van der Waals surface area (Å²) in [7, 11) is 0. The number of nitrogens with zero attached hydrogens (tertiary/aromatic N) is 1. The molecule has 0 aromatic heterocycles. The number of aryl methyl sites for hydroxylation is 1. The summed E-state index contributed by atoms with van der Waals surface area (Å²) in [4.78, 5) is 24.8. The van der Waals surface area contributed by atoms with Gasteiger partial charge in [0.1, 0.15) is 0 Å². The molecule has 2 unspecified atom stereocenters. The lowest BCUT2D eigenvalue weighted by molar-refractivity contribution is -0.146. The minimum absolute atomic E-state index is 0.0411. The van der Waals surface area contributed by atoms with E-state index in [1.165, 1.54) is 17.0 Å². The quantitative estimate of drug-likeness (QED) is 0.929. The first-order valence-electron chi connectivity index (χ1n) is 7.32. The minimum atomic E-state index is -0.928. The lowest BCUT2D eigenvalue weighted by Crippen LogP contribution is -2.45. The predicted octanol–water partition coefficient (Wildman–Crippen LogP) is 2.47. The number of piperidine rings is 1. The fourth-order valence-electron chi connectivity index (χ4n) is 2.88. The van der Waals surface area contributed by atoms with Crippen LogP contribution in [0.15, 0.2) is 18.2 Å². The second-order valence-corrected chi connectivity index (χ2v) is 5.89. The van der Waals surface area contributed by atoms with Crippen LogP contribution in [-0.2, 0) is 16.0 Å². The van der Waals surface area contributed by atoms with Gasteiger partial charge >= 0.3 is 5.97 Å². The third-order valence-corrected chi connectivity index (χ3v) is 4.00. The van der Waals surface area contributed by atoms with E-state index in [4.69, 9.17) is 5.11 Å². The molecular formula is C16H19F2NO3. The molecule has 1 amide bonds. The van der Waals surface area contributed by atoms with Gasteiger partial charge in [0.25, 0.3) is 0 Å². The summed E-state index contributed by atoms with van der Waals surface area (Å²) in [5.74, 6) is -3.42. The number of likely N-dealkylation sites (tertiary alicyclic amines) is 1. The molecule has 6 heteroatoms. The number of halogens is 2. The van der Waals surface area contributed by atoms with Gasteiger partial charge in [0.05, 0.1) is 5.92 Å². The summed E-state index contributed by atoms with van der Waals surface area (Å²) in [5.41, 5.74) is 0.160. The Balaban J connectivity index is 1.97. The average Bonchev–Trinajstić information content (AvgIpc) is 2.47. The number of aliphatic carboxylic acids is 1. The zero-order chi connectivity index (χ0) is 16.3. The van der Waals surface area contributed by atoms with E-state index in [9.17, 15) is 18.4 Å². The number of carbonyl (C=O) groups is 2. The number of rotatable bonds is 4. The fraction of sp³-hybridized carbons (Fsp3) is 0.500. The van der Waals surface area contributed by atoms with E-state index in [0.29, 0.717) is 13.0 Å². The molecule has 0 saturated carbocycles. The predicted molar refractivity (Wildman–Crippen MR) is 76.2 cm³/mol. The van der Waals surface area contributed by atoms with Crippen molar-refractivity contribution in [2.45, 2.75) is 26.2 Å². The molecule has 1 N–H and O–H groups in total. The molecule has 0 radical (unpaired) electrons. The highest BCUT2D eigenvalue weighted by Crippen LogP contribution is 2.23. The molecule has 1 aromatic carbocycles. The van der Waals surface area contributed by atoms with Crippen LogP contribution in [0.3, 0.4) is 0 Å². The van der Waals surface area contributed by atoms with Crippen LogP contribution in [0, 0.1) is 23.5 Å². The molecule has 2 rings (SSSR count). The maximum absolute atomic E-state index is 13.5. The highest BCUT2D eigenvalue weighted by atomic mass is 19.2. The van der Waals surface area contributed by atoms with Gasteiger partial charge < -0.3 is 10.0 Å². The van der Waals surface area contributed by atoms with Crippen LogP contribution in [0.4, 0.5) is 8.78 Å². The van der Waals surface area contributed by atoms with E-state index in [-0.39, 0.29) is 36.8 Å². The highest BCUT2D eigenvalue weighted by Gasteiger charge is 2.31. The van der Waals surface area contributed by atoms with Crippen molar-refractivity contribution in [1.82, 2.24) is 4.90 Å². The van der Waals surface area contributed by atoms with E-state index in [1.54, 1.807) is 0 Å². The van der Waals surface area contributed by atoms with Crippen LogP contribution in [0.5, 0.6) is 0 Å². The van der Waals surface area contributed by atoms with Crippen LogP contribution in [-0.4, -0.2) is 35.0 Å². The molecule has 4 nitrogen and oxygen atoms in total. The van der Waals surface area contributed by atoms with Gasteiger partial charge in [-0.2, -0.15) is 0 Å². The van der Waals surface area contributed by atoms with Crippen molar-refractivity contribution in [3.05, 3.63) is 35.4 Å². The molecule has 2 atom stereocenters. The number of hydrogen-bond acceptors (Lipinski definition) is 2. The molecule has 1 saturated heterocycles. The van der Waals surface area contributed by atoms with Crippen molar-refractivity contribution < 1.29 is 23.5 Å². The number of carboxylic acid groups (broad SMARTS) is 1. The summed E-state index contributed by atoms with van der Waals surface area (Å²) in [5, 5.41) is 9.10. The summed E-state index contributed by atoms with van der Waals surface area (Å²) in [6, 6.07) is 3.89. The molecular weight excluding hydrogens is 292 g/mol. The Morgan fingerprint density at radius 3 is 2.73 bits per heavy atom. The Morgan fingerprint density at radius 1 is 1.32 bits per heavy atom. The van der Waals surface area contributed by atoms with Crippen LogP contribution < -0.4 is 0 Å². The second kappa shape index (κ2) is 6.85. The first kappa shape index (κ1) is 16.4. The van der Waals surface area contributed by atoms with Gasteiger partial charge in [0, 0.05) is 19.5 Å². The second-order valence-electron chi connectivity index (χ2n) is 5.89. The number of hydrogen-bond donors (Lipinski definition) is 1. The highest BCUT2D eigenvalue weighted by molar-refractivity contribution is 5.78. The standard InChI is InChI=1S/C16H19F2NO3/c1-10-7-12(16(21)22)9-19(8-10)14(20)6-5-11-3-2-4-13(17)15(11)18/h2-4,10,12H,5-9H2,1H3,(H,21,22). The number of carbonyl (C=O) groups excluding carboxylic acids is 1. The smallest absolute Gasteiger partial charge is 0.308 e. The molecule has 1 aromatic rings. The van der Waals surface area contributed by atoms with Crippen molar-refractivity contribution >= 4 is 11.9 Å². The molecule has 0 bridgehead atoms. The summed E-state index contributed by atoms with van der Waals surface area (Å²) < 4.78 is 26.7. The Kier molecular flexibility index (Phi) is 5.11. The minimum Gasteiger partial charge on any atom is -0.481 e. The Morgan fingerprint density at radius 2 is 2.05 bits per heavy atom. The topological polar surface area (TPSA) is 57.6 Å². The summed E-state index contributed by atoms with van der Waals surface area (Å²) >= 11 is 0. The number of carboxylic acids is 1. The zero-order valence-electron chi connectivity index (χ0n) is 12.4. The molecule has 1 fully saturated rings. The molecule has 1 heterocycles. The molecule has 120 valence electrons. The number of benzene rings is 1. The molecule has 0 spiro atoms. The van der Waals surface area contributed by atoms with Gasteiger partial charge in [0.2, 0.25) is 5.91 Å². The monoisotopic (exact) mass is 311 g/mol. The van der Waals surface area contributed by atoms with Crippen LogP contribution >= 0.6 is 0 Å². The van der Waals surface area contributed by atoms with E-state index >= 15 is 0 Å². The maximum Gasteiger partial charge on any atom is 0.308 e. The lowest BCUT2D eigenvalue weighted by Gasteiger charge is -2.34.